The summed E-state index contributed by atoms with van der Waals surface area (Å²) in [5, 5.41) is 0. The van der Waals surface area contributed by atoms with Gasteiger partial charge in [-0.05, 0) is 56.0 Å². The van der Waals surface area contributed by atoms with Crippen LogP contribution in [0.1, 0.15) is 20.8 Å². The van der Waals surface area contributed by atoms with Crippen LogP contribution in [0.25, 0.3) is 0 Å². The molecule has 0 heterocycles. The summed E-state index contributed by atoms with van der Waals surface area (Å²) in [5.41, 5.74) is 0.115. The molecule has 3 heteroatoms. The van der Waals surface area contributed by atoms with E-state index in [9.17, 15) is 0 Å². The predicted octanol–water partition coefficient (Wildman–Crippen LogP) is 1.17. The van der Waals surface area contributed by atoms with Crippen molar-refractivity contribution in [3.05, 3.63) is 0 Å². The maximum atomic E-state index is 2.39. The summed E-state index contributed by atoms with van der Waals surface area (Å²) >= 11 is 0. The van der Waals surface area contributed by atoms with Gasteiger partial charge in [0, 0.05) is 12.6 Å². The van der Waals surface area contributed by atoms with E-state index in [0.717, 1.165) is 6.54 Å². The van der Waals surface area contributed by atoms with Crippen LogP contribution < -0.4 is 0 Å². The topological polar surface area (TPSA) is 9.72 Å². The van der Waals surface area contributed by atoms with Gasteiger partial charge in [0.25, 0.3) is 0 Å². The van der Waals surface area contributed by atoms with E-state index in [0.29, 0.717) is 6.04 Å². The fourth-order valence-corrected chi connectivity index (χ4v) is 1.12. The van der Waals surface area contributed by atoms with Crippen LogP contribution in [0.5, 0.6) is 0 Å². The summed E-state index contributed by atoms with van der Waals surface area (Å²) in [7, 11) is 10.7. The van der Waals surface area contributed by atoms with Crippen LogP contribution in [-0.2, 0) is 0 Å². The lowest BCUT2D eigenvalue weighted by Gasteiger charge is -2.43. The van der Waals surface area contributed by atoms with E-state index in [1.165, 1.54) is 0 Å². The molecular weight excluding hydrogens is 174 g/mol. The molecule has 1 unspecified atom stereocenters. The van der Waals surface area contributed by atoms with Gasteiger partial charge >= 0.3 is 0 Å². The van der Waals surface area contributed by atoms with Gasteiger partial charge in [-0.25, -0.2) is 0 Å². The van der Waals surface area contributed by atoms with Crippen LogP contribution in [0.15, 0.2) is 0 Å². The Bertz CT molecular complexity index is 164. The van der Waals surface area contributed by atoms with Gasteiger partial charge in [0.05, 0.1) is 5.66 Å². The van der Waals surface area contributed by atoms with Gasteiger partial charge in [-0.3, -0.25) is 9.80 Å². The third kappa shape index (κ3) is 3.56. The third-order valence-electron chi connectivity index (χ3n) is 3.45. The largest absolute Gasteiger partial charge is 0.305 e. The van der Waals surface area contributed by atoms with E-state index < -0.39 is 0 Å². The summed E-state index contributed by atoms with van der Waals surface area (Å²) in [6, 6.07) is 0.583. The van der Waals surface area contributed by atoms with Gasteiger partial charge < -0.3 is 4.90 Å². The summed E-state index contributed by atoms with van der Waals surface area (Å²) in [6.45, 7) is 7.82. The molecule has 0 bridgehead atoms. The minimum Gasteiger partial charge on any atom is -0.305 e. The number of hydrogen-bond donors (Lipinski definition) is 0. The first-order chi connectivity index (χ1) is 6.19. The third-order valence-corrected chi connectivity index (χ3v) is 3.45. The number of likely N-dealkylation sites (N-methyl/N-ethyl adjacent to an activating group) is 2. The van der Waals surface area contributed by atoms with Crippen molar-refractivity contribution in [2.45, 2.75) is 32.5 Å². The molecule has 1 atom stereocenters. The zero-order valence-electron chi connectivity index (χ0n) is 11.1. The fourth-order valence-electron chi connectivity index (χ4n) is 1.12. The normalized spacial score (nSPS) is 15.6. The molecular formula is C11H27N3. The molecule has 14 heavy (non-hydrogen) atoms. The zero-order chi connectivity index (χ0) is 11.5. The molecule has 0 aliphatic carbocycles. The van der Waals surface area contributed by atoms with E-state index in [1.807, 2.05) is 0 Å². The lowest BCUT2D eigenvalue weighted by molar-refractivity contribution is 0.00680. The van der Waals surface area contributed by atoms with Gasteiger partial charge in [-0.2, -0.15) is 0 Å². The predicted molar refractivity (Wildman–Crippen MR) is 63.5 cm³/mol. The van der Waals surface area contributed by atoms with Crippen molar-refractivity contribution in [1.82, 2.24) is 14.7 Å². The molecule has 0 radical (unpaired) electrons. The Morgan fingerprint density at radius 1 is 1.00 bits per heavy atom. The lowest BCUT2D eigenvalue weighted by Crippen LogP contribution is -2.54. The van der Waals surface area contributed by atoms with E-state index in [2.05, 4.69) is 70.7 Å². The second kappa shape index (κ2) is 5.10. The molecule has 0 amide bonds. The van der Waals surface area contributed by atoms with Crippen LogP contribution in [0.4, 0.5) is 0 Å². The molecule has 0 aromatic carbocycles. The molecule has 0 aliphatic heterocycles. The summed E-state index contributed by atoms with van der Waals surface area (Å²) in [4.78, 5) is 6.88. The van der Waals surface area contributed by atoms with Crippen molar-refractivity contribution in [2.24, 2.45) is 0 Å². The highest BCUT2D eigenvalue weighted by Crippen LogP contribution is 2.15. The van der Waals surface area contributed by atoms with Crippen LogP contribution >= 0.6 is 0 Å². The standard InChI is InChI=1S/C11H27N3/c1-10(12(4)5)9-14(8)11(2,3)13(6)7/h10H,9H2,1-8H3. The van der Waals surface area contributed by atoms with Gasteiger partial charge in [-0.15, -0.1) is 0 Å². The SMILES string of the molecule is CC(CN(C)C(C)(C)N(C)C)N(C)C. The Kier molecular flexibility index (Phi) is 5.06. The van der Waals surface area contributed by atoms with E-state index in [4.69, 9.17) is 0 Å². The minimum atomic E-state index is 0.115. The van der Waals surface area contributed by atoms with E-state index in [-0.39, 0.29) is 5.66 Å². The van der Waals surface area contributed by atoms with E-state index >= 15 is 0 Å². The molecule has 0 aromatic rings. The average Bonchev–Trinajstić information content (AvgIpc) is 2.03. The maximum Gasteiger partial charge on any atom is 0.0672 e. The maximum absolute atomic E-state index is 2.39. The highest BCUT2D eigenvalue weighted by atomic mass is 15.4. The monoisotopic (exact) mass is 201 g/mol. The van der Waals surface area contributed by atoms with Crippen molar-refractivity contribution in [2.75, 3.05) is 41.8 Å². The molecule has 0 fully saturated rings. The second-order valence-corrected chi connectivity index (χ2v) is 5.08. The van der Waals surface area contributed by atoms with Gasteiger partial charge in [0.15, 0.2) is 0 Å². The Balaban J connectivity index is 4.26. The highest BCUT2D eigenvalue weighted by Gasteiger charge is 2.26. The Labute approximate surface area is 89.7 Å². The zero-order valence-corrected chi connectivity index (χ0v) is 11.1. The minimum absolute atomic E-state index is 0.115. The van der Waals surface area contributed by atoms with Crippen LogP contribution in [0.2, 0.25) is 0 Å². The Hall–Kier alpha value is -0.120. The number of nitrogens with zero attached hydrogens (tertiary/aromatic N) is 3. The van der Waals surface area contributed by atoms with Crippen molar-refractivity contribution < 1.29 is 0 Å². The molecule has 0 aromatic heterocycles. The molecule has 86 valence electrons. The van der Waals surface area contributed by atoms with Crippen molar-refractivity contribution in [3.63, 3.8) is 0 Å². The van der Waals surface area contributed by atoms with Crippen molar-refractivity contribution in [1.29, 1.82) is 0 Å². The molecule has 0 saturated carbocycles. The van der Waals surface area contributed by atoms with Gasteiger partial charge in [0.1, 0.15) is 0 Å². The smallest absolute Gasteiger partial charge is 0.0672 e. The first-order valence-corrected chi connectivity index (χ1v) is 5.24. The summed E-state index contributed by atoms with van der Waals surface area (Å²) < 4.78 is 0. The molecule has 0 N–H and O–H groups in total. The molecule has 0 rings (SSSR count). The molecule has 0 aliphatic rings. The highest BCUT2D eigenvalue weighted by molar-refractivity contribution is 4.78. The Morgan fingerprint density at radius 2 is 1.43 bits per heavy atom. The fraction of sp³-hybridized carbons (Fsp3) is 1.00. The second-order valence-electron chi connectivity index (χ2n) is 5.08. The van der Waals surface area contributed by atoms with Crippen LogP contribution in [0, 0.1) is 0 Å². The molecule has 3 nitrogen and oxygen atoms in total. The summed E-state index contributed by atoms with van der Waals surface area (Å²) in [5.74, 6) is 0. The van der Waals surface area contributed by atoms with Crippen molar-refractivity contribution in [3.8, 4) is 0 Å². The van der Waals surface area contributed by atoms with E-state index in [1.54, 1.807) is 0 Å². The average molecular weight is 201 g/mol. The van der Waals surface area contributed by atoms with Gasteiger partial charge in [0.2, 0.25) is 0 Å². The molecule has 0 saturated heterocycles. The summed E-state index contributed by atoms with van der Waals surface area (Å²) in [6.07, 6.45) is 0. The molecule has 0 spiro atoms. The lowest BCUT2D eigenvalue weighted by atomic mass is 10.1. The first-order valence-electron chi connectivity index (χ1n) is 5.24. The van der Waals surface area contributed by atoms with Crippen molar-refractivity contribution >= 4 is 0 Å². The number of hydrogen-bond acceptors (Lipinski definition) is 3. The quantitative estimate of drug-likeness (QED) is 0.618. The number of rotatable bonds is 5. The first kappa shape index (κ1) is 13.9. The van der Waals surface area contributed by atoms with Crippen LogP contribution in [0.3, 0.4) is 0 Å². The van der Waals surface area contributed by atoms with Gasteiger partial charge in [-0.1, -0.05) is 0 Å². The Morgan fingerprint density at radius 3 is 1.71 bits per heavy atom. The van der Waals surface area contributed by atoms with Crippen LogP contribution in [-0.4, -0.2) is 68.2 Å².